The number of para-hydroxylation sites is 1. The van der Waals surface area contributed by atoms with Gasteiger partial charge in [-0.05, 0) is 48.7 Å². The number of nitrogens with one attached hydrogen (secondary N) is 1. The van der Waals surface area contributed by atoms with Crippen LogP contribution in [0, 0.1) is 0 Å². The molecule has 0 aliphatic carbocycles. The third-order valence-corrected chi connectivity index (χ3v) is 7.92. The van der Waals surface area contributed by atoms with Gasteiger partial charge in [0.2, 0.25) is 0 Å². The molecule has 0 radical (unpaired) electrons. The van der Waals surface area contributed by atoms with Crippen LogP contribution in [0.3, 0.4) is 0 Å². The number of sulfonamides is 1. The number of rotatable bonds is 7. The van der Waals surface area contributed by atoms with Crippen LogP contribution in [0.25, 0.3) is 26.5 Å². The average molecular weight is 483 g/mol. The fraction of sp³-hybridized carbons (Fsp3) is 0.0909. The standard InChI is InChI=1S/C22H18N4O3S3/c1-2-29-16-10-11-17-19(13-16)31-22(23-17)25-32(27,28)20-14-26(15-7-4-3-5-8-15)24-21(20)18-9-6-12-30-18/h3-14H,2H2,1H3,(H,23,25). The zero-order valence-corrected chi connectivity index (χ0v) is 19.4. The molecule has 0 saturated carbocycles. The van der Waals surface area contributed by atoms with E-state index in [0.29, 0.717) is 22.9 Å². The molecule has 162 valence electrons. The van der Waals surface area contributed by atoms with E-state index in [-0.39, 0.29) is 4.90 Å². The first-order valence-electron chi connectivity index (χ1n) is 9.78. The van der Waals surface area contributed by atoms with Crippen molar-refractivity contribution >= 4 is 48.0 Å². The van der Waals surface area contributed by atoms with E-state index in [9.17, 15) is 8.42 Å². The first-order valence-corrected chi connectivity index (χ1v) is 13.0. The molecule has 0 unspecified atom stereocenters. The van der Waals surface area contributed by atoms with E-state index in [1.807, 2.05) is 73.0 Å². The van der Waals surface area contributed by atoms with E-state index < -0.39 is 10.0 Å². The molecule has 0 aliphatic rings. The van der Waals surface area contributed by atoms with Crippen LogP contribution >= 0.6 is 22.7 Å². The van der Waals surface area contributed by atoms with Gasteiger partial charge in [-0.2, -0.15) is 5.10 Å². The Kier molecular flexibility index (Phi) is 5.41. The summed E-state index contributed by atoms with van der Waals surface area (Å²) in [7, 11) is -3.94. The maximum atomic E-state index is 13.4. The van der Waals surface area contributed by atoms with Crippen LogP contribution in [0.15, 0.2) is 77.1 Å². The Morgan fingerprint density at radius 2 is 1.94 bits per heavy atom. The molecule has 5 aromatic rings. The lowest BCUT2D eigenvalue weighted by atomic mass is 10.3. The van der Waals surface area contributed by atoms with Crippen LogP contribution < -0.4 is 9.46 Å². The summed E-state index contributed by atoms with van der Waals surface area (Å²) in [6, 6.07) is 18.6. The van der Waals surface area contributed by atoms with E-state index in [0.717, 1.165) is 21.0 Å². The highest BCUT2D eigenvalue weighted by molar-refractivity contribution is 7.93. The SMILES string of the molecule is CCOc1ccc2nc(NS(=O)(=O)c3cn(-c4ccccc4)nc3-c3cccs3)sc2c1. The lowest BCUT2D eigenvalue weighted by Gasteiger charge is -2.04. The van der Waals surface area contributed by atoms with Crippen molar-refractivity contribution in [3.8, 4) is 22.0 Å². The van der Waals surface area contributed by atoms with Crippen molar-refractivity contribution in [2.24, 2.45) is 0 Å². The number of anilines is 1. The molecule has 0 saturated heterocycles. The minimum absolute atomic E-state index is 0.0954. The Morgan fingerprint density at radius 3 is 2.69 bits per heavy atom. The van der Waals surface area contributed by atoms with Crippen molar-refractivity contribution < 1.29 is 13.2 Å². The number of thiazole rings is 1. The summed E-state index contributed by atoms with van der Waals surface area (Å²) in [4.78, 5) is 5.29. The average Bonchev–Trinajstić information content (AvgIpc) is 3.53. The molecule has 1 N–H and O–H groups in total. The van der Waals surface area contributed by atoms with Gasteiger partial charge in [-0.25, -0.2) is 18.1 Å². The summed E-state index contributed by atoms with van der Waals surface area (Å²) >= 11 is 2.70. The zero-order valence-electron chi connectivity index (χ0n) is 16.9. The monoisotopic (exact) mass is 482 g/mol. The molecule has 32 heavy (non-hydrogen) atoms. The Labute approximate surface area is 193 Å². The minimum Gasteiger partial charge on any atom is -0.494 e. The highest BCUT2D eigenvalue weighted by Gasteiger charge is 2.26. The van der Waals surface area contributed by atoms with E-state index in [1.54, 1.807) is 4.68 Å². The van der Waals surface area contributed by atoms with Gasteiger partial charge < -0.3 is 4.74 Å². The molecule has 0 aliphatic heterocycles. The second kappa shape index (κ2) is 8.38. The molecule has 0 spiro atoms. The van der Waals surface area contributed by atoms with Crippen LogP contribution in [-0.2, 0) is 10.0 Å². The highest BCUT2D eigenvalue weighted by atomic mass is 32.2. The summed E-state index contributed by atoms with van der Waals surface area (Å²) in [6.07, 6.45) is 1.53. The quantitative estimate of drug-likeness (QED) is 0.335. The molecular weight excluding hydrogens is 464 g/mol. The van der Waals surface area contributed by atoms with Crippen LogP contribution in [0.1, 0.15) is 6.92 Å². The van der Waals surface area contributed by atoms with E-state index in [2.05, 4.69) is 14.8 Å². The third-order valence-electron chi connectivity index (χ3n) is 4.64. The normalized spacial score (nSPS) is 11.7. The van der Waals surface area contributed by atoms with Gasteiger partial charge in [0, 0.05) is 0 Å². The fourth-order valence-electron chi connectivity index (χ4n) is 3.23. The van der Waals surface area contributed by atoms with E-state index in [1.165, 1.54) is 28.9 Å². The van der Waals surface area contributed by atoms with Crippen LogP contribution in [0.4, 0.5) is 5.13 Å². The Balaban J connectivity index is 1.54. The Hall–Kier alpha value is -3.21. The summed E-state index contributed by atoms with van der Waals surface area (Å²) in [5, 5.41) is 6.76. The van der Waals surface area contributed by atoms with Crippen molar-refractivity contribution in [1.82, 2.24) is 14.8 Å². The van der Waals surface area contributed by atoms with E-state index in [4.69, 9.17) is 4.74 Å². The summed E-state index contributed by atoms with van der Waals surface area (Å²) in [5.74, 6) is 0.724. The zero-order chi connectivity index (χ0) is 22.1. The molecule has 3 aromatic heterocycles. The van der Waals surface area contributed by atoms with Gasteiger partial charge >= 0.3 is 0 Å². The van der Waals surface area contributed by atoms with Crippen molar-refractivity contribution in [3.05, 3.63) is 72.2 Å². The minimum atomic E-state index is -3.94. The molecule has 0 fully saturated rings. The van der Waals surface area contributed by atoms with Crippen molar-refractivity contribution in [3.63, 3.8) is 0 Å². The van der Waals surface area contributed by atoms with Crippen molar-refractivity contribution in [2.45, 2.75) is 11.8 Å². The summed E-state index contributed by atoms with van der Waals surface area (Å²) < 4.78 is 37.4. The first-order chi connectivity index (χ1) is 15.5. The number of benzene rings is 2. The molecule has 0 bridgehead atoms. The van der Waals surface area contributed by atoms with Gasteiger partial charge in [0.05, 0.1) is 33.6 Å². The Bertz CT molecular complexity index is 1470. The number of ether oxygens (including phenoxy) is 1. The van der Waals surface area contributed by atoms with Crippen LogP contribution in [0.2, 0.25) is 0 Å². The van der Waals surface area contributed by atoms with Gasteiger partial charge in [0.1, 0.15) is 16.3 Å². The topological polar surface area (TPSA) is 86.1 Å². The lowest BCUT2D eigenvalue weighted by Crippen LogP contribution is -2.13. The van der Waals surface area contributed by atoms with Crippen molar-refractivity contribution in [1.29, 1.82) is 0 Å². The van der Waals surface area contributed by atoms with Crippen molar-refractivity contribution in [2.75, 3.05) is 11.3 Å². The van der Waals surface area contributed by atoms with Crippen LogP contribution in [0.5, 0.6) is 5.75 Å². The molecule has 2 aromatic carbocycles. The van der Waals surface area contributed by atoms with Gasteiger partial charge in [0.25, 0.3) is 10.0 Å². The summed E-state index contributed by atoms with van der Waals surface area (Å²) in [6.45, 7) is 2.47. The Morgan fingerprint density at radius 1 is 1.09 bits per heavy atom. The maximum absolute atomic E-state index is 13.4. The molecule has 5 rings (SSSR count). The van der Waals surface area contributed by atoms with Gasteiger partial charge in [-0.3, -0.25) is 4.72 Å². The smallest absolute Gasteiger partial charge is 0.267 e. The van der Waals surface area contributed by atoms with Gasteiger partial charge in [-0.1, -0.05) is 35.6 Å². The largest absolute Gasteiger partial charge is 0.494 e. The lowest BCUT2D eigenvalue weighted by molar-refractivity contribution is 0.341. The molecule has 10 heteroatoms. The number of hydrogen-bond donors (Lipinski definition) is 1. The molecule has 7 nitrogen and oxygen atoms in total. The summed E-state index contributed by atoms with van der Waals surface area (Å²) in [5.41, 5.74) is 1.88. The van der Waals surface area contributed by atoms with Gasteiger partial charge in [-0.15, -0.1) is 11.3 Å². The van der Waals surface area contributed by atoms with Crippen LogP contribution in [-0.4, -0.2) is 29.8 Å². The predicted molar refractivity (Wildman–Crippen MR) is 128 cm³/mol. The molecule has 0 amide bonds. The van der Waals surface area contributed by atoms with E-state index >= 15 is 0 Å². The predicted octanol–water partition coefficient (Wildman–Crippen LogP) is 5.41. The molecule has 0 atom stereocenters. The molecule has 3 heterocycles. The number of aromatic nitrogens is 3. The number of thiophene rings is 1. The number of nitrogens with zero attached hydrogens (tertiary/aromatic N) is 3. The molecular formula is C22H18N4O3S3. The first kappa shape index (κ1) is 20.7. The fourth-order valence-corrected chi connectivity index (χ4v) is 6.29. The maximum Gasteiger partial charge on any atom is 0.267 e. The second-order valence-electron chi connectivity index (χ2n) is 6.79. The third kappa shape index (κ3) is 3.99. The highest BCUT2D eigenvalue weighted by Crippen LogP contribution is 2.34. The number of fused-ring (bicyclic) bond motifs is 1. The second-order valence-corrected chi connectivity index (χ2v) is 10.4. The number of hydrogen-bond acceptors (Lipinski definition) is 7. The van der Waals surface area contributed by atoms with Gasteiger partial charge in [0.15, 0.2) is 5.13 Å².